The van der Waals surface area contributed by atoms with Crippen LogP contribution in [-0.2, 0) is 11.3 Å². The van der Waals surface area contributed by atoms with Gasteiger partial charge in [0.25, 0.3) is 0 Å². The van der Waals surface area contributed by atoms with Crippen LogP contribution in [0.5, 0.6) is 0 Å². The largest absolute Gasteiger partial charge is 0.363 e. The first-order chi connectivity index (χ1) is 14.1. The molecule has 1 spiro atoms. The molecule has 4 fully saturated rings. The van der Waals surface area contributed by atoms with Crippen molar-refractivity contribution in [3.05, 3.63) is 59.2 Å². The molecule has 2 aromatic rings. The van der Waals surface area contributed by atoms with Gasteiger partial charge < -0.3 is 9.94 Å². The van der Waals surface area contributed by atoms with E-state index in [0.717, 1.165) is 29.5 Å². The standard InChI is InChI=1S/C26H27NO2/c1-14(16-6-7-21-18(10-16)11-17-4-2-3-5-20(17)21)27-29-25(28)24-22-9-15-8-19-12-23(24)26(19,22)13-15/h2-7,10,15,19,22-25,28H,8-9,11-13H2,1H3/b27-14+. The summed E-state index contributed by atoms with van der Waals surface area (Å²) in [5.41, 5.74) is 7.95. The van der Waals surface area contributed by atoms with Crippen LogP contribution in [0, 0.1) is 35.0 Å². The van der Waals surface area contributed by atoms with E-state index in [9.17, 15) is 5.11 Å². The van der Waals surface area contributed by atoms with Crippen LogP contribution >= 0.6 is 0 Å². The molecule has 0 aliphatic heterocycles. The zero-order valence-corrected chi connectivity index (χ0v) is 16.8. The molecule has 0 amide bonds. The third-order valence-electron chi connectivity index (χ3n) is 9.29. The van der Waals surface area contributed by atoms with E-state index in [2.05, 4.69) is 47.6 Å². The normalized spacial score (nSPS) is 38.6. The zero-order valence-electron chi connectivity index (χ0n) is 16.8. The van der Waals surface area contributed by atoms with Gasteiger partial charge in [-0.2, -0.15) is 0 Å². The van der Waals surface area contributed by atoms with Gasteiger partial charge in [0.1, 0.15) is 0 Å². The number of fused-ring (bicyclic) bond motifs is 4. The molecule has 4 saturated carbocycles. The van der Waals surface area contributed by atoms with Gasteiger partial charge in [0.15, 0.2) is 0 Å². The summed E-state index contributed by atoms with van der Waals surface area (Å²) in [5, 5.41) is 15.1. The van der Waals surface area contributed by atoms with Crippen molar-refractivity contribution in [3.63, 3.8) is 0 Å². The van der Waals surface area contributed by atoms with Crippen LogP contribution in [0.3, 0.4) is 0 Å². The number of rotatable bonds is 4. The lowest BCUT2D eigenvalue weighted by atomic mass is 9.34. The number of oxime groups is 1. The van der Waals surface area contributed by atoms with Gasteiger partial charge in [0.2, 0.25) is 6.29 Å². The Morgan fingerprint density at radius 3 is 2.79 bits per heavy atom. The molecule has 7 rings (SSSR count). The lowest BCUT2D eigenvalue weighted by molar-refractivity contribution is -0.301. The third-order valence-corrected chi connectivity index (χ3v) is 9.29. The zero-order chi connectivity index (χ0) is 19.3. The van der Waals surface area contributed by atoms with Crippen molar-refractivity contribution < 1.29 is 9.94 Å². The molecule has 2 aromatic carbocycles. The minimum Gasteiger partial charge on any atom is -0.363 e. The van der Waals surface area contributed by atoms with Crippen molar-refractivity contribution in [1.82, 2.24) is 0 Å². The van der Waals surface area contributed by atoms with E-state index < -0.39 is 6.29 Å². The summed E-state index contributed by atoms with van der Waals surface area (Å²) in [4.78, 5) is 5.69. The highest BCUT2D eigenvalue weighted by atomic mass is 16.7. The SMILES string of the molecule is C/C(=N\OC(O)C1C2CC3CC4CC1C42C3)c1ccc2c(c1)Cc1ccccc1-2. The molecule has 0 heterocycles. The topological polar surface area (TPSA) is 41.8 Å². The van der Waals surface area contributed by atoms with E-state index >= 15 is 0 Å². The summed E-state index contributed by atoms with van der Waals surface area (Å²) in [6.45, 7) is 1.98. The summed E-state index contributed by atoms with van der Waals surface area (Å²) in [5.74, 6) is 3.57. The quantitative estimate of drug-likeness (QED) is 0.390. The highest BCUT2D eigenvalue weighted by molar-refractivity contribution is 5.99. The number of aliphatic hydroxyl groups excluding tert-OH is 1. The van der Waals surface area contributed by atoms with Gasteiger partial charge in [0.05, 0.1) is 5.71 Å². The van der Waals surface area contributed by atoms with Crippen molar-refractivity contribution in [2.24, 2.45) is 40.2 Å². The van der Waals surface area contributed by atoms with E-state index in [1.807, 2.05) is 6.92 Å². The monoisotopic (exact) mass is 385 g/mol. The van der Waals surface area contributed by atoms with Gasteiger partial charge in [-0.15, -0.1) is 0 Å². The molecule has 5 aliphatic carbocycles. The second-order valence-corrected chi connectivity index (χ2v) is 10.3. The van der Waals surface area contributed by atoms with Gasteiger partial charge in [0, 0.05) is 5.92 Å². The van der Waals surface area contributed by atoms with E-state index in [-0.39, 0.29) is 0 Å². The first-order valence-corrected chi connectivity index (χ1v) is 11.2. The summed E-state index contributed by atoms with van der Waals surface area (Å²) >= 11 is 0. The maximum absolute atomic E-state index is 10.8. The van der Waals surface area contributed by atoms with Crippen molar-refractivity contribution in [1.29, 1.82) is 0 Å². The second-order valence-electron chi connectivity index (χ2n) is 10.3. The molecule has 3 nitrogen and oxygen atoms in total. The highest BCUT2D eigenvalue weighted by Gasteiger charge is 2.78. The Morgan fingerprint density at radius 2 is 1.90 bits per heavy atom. The second kappa shape index (κ2) is 5.51. The number of hydrogen-bond acceptors (Lipinski definition) is 3. The maximum Gasteiger partial charge on any atom is 0.227 e. The molecule has 1 N–H and O–H groups in total. The van der Waals surface area contributed by atoms with Gasteiger partial charge in [-0.3, -0.25) is 0 Å². The number of aliphatic hydroxyl groups is 1. The summed E-state index contributed by atoms with van der Waals surface area (Å²) in [7, 11) is 0. The molecular formula is C26H27NO2. The molecular weight excluding hydrogens is 358 g/mol. The molecule has 0 saturated heterocycles. The van der Waals surface area contributed by atoms with Gasteiger partial charge >= 0.3 is 0 Å². The Balaban J connectivity index is 1.08. The van der Waals surface area contributed by atoms with E-state index in [4.69, 9.17) is 4.84 Å². The number of benzene rings is 2. The fraction of sp³-hybridized carbons (Fsp3) is 0.500. The van der Waals surface area contributed by atoms with Crippen LogP contribution in [0.4, 0.5) is 0 Å². The van der Waals surface area contributed by atoms with Crippen molar-refractivity contribution in [2.75, 3.05) is 0 Å². The van der Waals surface area contributed by atoms with Crippen molar-refractivity contribution in [2.45, 2.75) is 45.3 Å². The Kier molecular flexibility index (Phi) is 3.16. The Hall–Kier alpha value is -2.13. The Morgan fingerprint density at radius 1 is 1.07 bits per heavy atom. The molecule has 7 atom stereocenters. The molecule has 0 aromatic heterocycles. The predicted octanol–water partition coefficient (Wildman–Crippen LogP) is 5.00. The fourth-order valence-corrected chi connectivity index (χ4v) is 8.21. The Bertz CT molecular complexity index is 1060. The maximum atomic E-state index is 10.8. The lowest BCUT2D eigenvalue weighted by Gasteiger charge is -2.70. The molecule has 7 unspecified atom stereocenters. The third kappa shape index (κ3) is 2.00. The highest BCUT2D eigenvalue weighted by Crippen LogP contribution is 2.83. The summed E-state index contributed by atoms with van der Waals surface area (Å²) < 4.78 is 0. The van der Waals surface area contributed by atoms with E-state index in [1.54, 1.807) is 0 Å². The summed E-state index contributed by atoms with van der Waals surface area (Å²) in [6, 6.07) is 15.2. The average Bonchev–Trinajstić information content (AvgIpc) is 3.36. The fourth-order valence-electron chi connectivity index (χ4n) is 8.21. The van der Waals surface area contributed by atoms with Crippen molar-refractivity contribution >= 4 is 5.71 Å². The Labute approximate surface area is 171 Å². The number of nitrogens with zero attached hydrogens (tertiary/aromatic N) is 1. The first kappa shape index (κ1) is 16.6. The molecule has 2 bridgehead atoms. The average molecular weight is 386 g/mol. The smallest absolute Gasteiger partial charge is 0.227 e. The molecule has 148 valence electrons. The van der Waals surface area contributed by atoms with Crippen LogP contribution < -0.4 is 0 Å². The minimum absolute atomic E-state index is 0.308. The van der Waals surface area contributed by atoms with Crippen LogP contribution in [0.2, 0.25) is 0 Å². The summed E-state index contributed by atoms with van der Waals surface area (Å²) in [6.07, 6.45) is 5.74. The van der Waals surface area contributed by atoms with Crippen LogP contribution in [0.1, 0.15) is 49.3 Å². The molecule has 29 heavy (non-hydrogen) atoms. The lowest BCUT2D eigenvalue weighted by Crippen LogP contribution is -2.68. The van der Waals surface area contributed by atoms with Gasteiger partial charge in [-0.05, 0) is 102 Å². The van der Waals surface area contributed by atoms with Gasteiger partial charge in [-0.1, -0.05) is 41.6 Å². The van der Waals surface area contributed by atoms with Crippen LogP contribution in [0.15, 0.2) is 47.6 Å². The van der Waals surface area contributed by atoms with Crippen LogP contribution in [-0.4, -0.2) is 17.1 Å². The first-order valence-electron chi connectivity index (χ1n) is 11.2. The van der Waals surface area contributed by atoms with Crippen LogP contribution in [0.25, 0.3) is 11.1 Å². The molecule has 0 radical (unpaired) electrons. The van der Waals surface area contributed by atoms with E-state index in [1.165, 1.54) is 47.9 Å². The predicted molar refractivity (Wildman–Crippen MR) is 112 cm³/mol. The number of hydrogen-bond donors (Lipinski definition) is 1. The van der Waals surface area contributed by atoms with E-state index in [0.29, 0.717) is 23.2 Å². The van der Waals surface area contributed by atoms with Crippen molar-refractivity contribution in [3.8, 4) is 11.1 Å². The molecule has 3 heteroatoms. The molecule has 5 aliphatic rings. The minimum atomic E-state index is -0.746. The van der Waals surface area contributed by atoms with Gasteiger partial charge in [-0.25, -0.2) is 0 Å².